The van der Waals surface area contributed by atoms with Gasteiger partial charge in [0.2, 0.25) is 0 Å². The van der Waals surface area contributed by atoms with Gasteiger partial charge in [0.25, 0.3) is 0 Å². The van der Waals surface area contributed by atoms with Gasteiger partial charge in [-0.3, -0.25) is 0 Å². The molecule has 4 nitrogen and oxygen atoms in total. The van der Waals surface area contributed by atoms with Crippen LogP contribution in [-0.4, -0.2) is 17.2 Å². The lowest BCUT2D eigenvalue weighted by atomic mass is 10.2. The minimum atomic E-state index is -1.14. The smallest absolute Gasteiger partial charge is 0.340 e. The molecular formula is C16H16O4. The molecule has 104 valence electrons. The Labute approximate surface area is 117 Å². The molecule has 0 radical (unpaired) electrons. The fourth-order valence-electron chi connectivity index (χ4n) is 1.55. The summed E-state index contributed by atoms with van der Waals surface area (Å²) in [7, 11) is 0. The lowest BCUT2D eigenvalue weighted by molar-refractivity contribution is -0.142. The summed E-state index contributed by atoms with van der Waals surface area (Å²) in [5.74, 6) is 0.386. The average molecular weight is 272 g/mol. The van der Waals surface area contributed by atoms with E-state index in [0.717, 1.165) is 5.56 Å². The first-order valence-corrected chi connectivity index (χ1v) is 6.32. The molecule has 20 heavy (non-hydrogen) atoms. The molecule has 0 amide bonds. The summed E-state index contributed by atoms with van der Waals surface area (Å²) in [5.41, 5.74) is 1.08. The Morgan fingerprint density at radius 1 is 1.05 bits per heavy atom. The van der Waals surface area contributed by atoms with E-state index in [1.165, 1.54) is 6.92 Å². The number of ether oxygens (including phenoxy) is 2. The van der Waals surface area contributed by atoms with Crippen molar-refractivity contribution in [3.8, 4) is 11.5 Å². The van der Waals surface area contributed by atoms with Gasteiger partial charge in [0.15, 0.2) is 0 Å². The Bertz CT molecular complexity index is 546. The topological polar surface area (TPSA) is 55.8 Å². The number of hydrogen-bond donors (Lipinski definition) is 1. The standard InChI is InChI=1S/C16H16O4/c1-12(17)16(18)20-15-9-7-14(8-10-15)19-11-13-5-3-2-4-6-13/h2-10,12,17H,11H2,1H3. The maximum Gasteiger partial charge on any atom is 0.340 e. The van der Waals surface area contributed by atoms with Crippen LogP contribution in [0.4, 0.5) is 0 Å². The zero-order valence-electron chi connectivity index (χ0n) is 11.2. The van der Waals surface area contributed by atoms with Crippen molar-refractivity contribution >= 4 is 5.97 Å². The molecule has 0 saturated heterocycles. The second-order valence-electron chi connectivity index (χ2n) is 4.34. The van der Waals surface area contributed by atoms with Crippen LogP contribution >= 0.6 is 0 Å². The van der Waals surface area contributed by atoms with E-state index in [1.54, 1.807) is 24.3 Å². The van der Waals surface area contributed by atoms with Gasteiger partial charge < -0.3 is 14.6 Å². The van der Waals surface area contributed by atoms with Crippen molar-refractivity contribution in [2.75, 3.05) is 0 Å². The molecule has 2 rings (SSSR count). The van der Waals surface area contributed by atoms with Crippen LogP contribution in [0.3, 0.4) is 0 Å². The van der Waals surface area contributed by atoms with Crippen molar-refractivity contribution in [2.45, 2.75) is 19.6 Å². The van der Waals surface area contributed by atoms with Crippen molar-refractivity contribution in [3.05, 3.63) is 60.2 Å². The molecule has 0 fully saturated rings. The lowest BCUT2D eigenvalue weighted by Gasteiger charge is -2.08. The van der Waals surface area contributed by atoms with Crippen LogP contribution in [0.1, 0.15) is 12.5 Å². The van der Waals surface area contributed by atoms with E-state index >= 15 is 0 Å². The van der Waals surface area contributed by atoms with Crippen LogP contribution in [-0.2, 0) is 11.4 Å². The SMILES string of the molecule is CC(O)C(=O)Oc1ccc(OCc2ccccc2)cc1. The second-order valence-corrected chi connectivity index (χ2v) is 4.34. The van der Waals surface area contributed by atoms with Crippen molar-refractivity contribution < 1.29 is 19.4 Å². The Balaban J connectivity index is 1.90. The first-order valence-electron chi connectivity index (χ1n) is 6.32. The number of rotatable bonds is 5. The van der Waals surface area contributed by atoms with Crippen LogP contribution < -0.4 is 9.47 Å². The number of aliphatic hydroxyl groups is 1. The number of carbonyl (C=O) groups excluding carboxylic acids is 1. The monoisotopic (exact) mass is 272 g/mol. The van der Waals surface area contributed by atoms with Crippen LogP contribution in [0.15, 0.2) is 54.6 Å². The summed E-state index contributed by atoms with van der Waals surface area (Å²) >= 11 is 0. The molecule has 4 heteroatoms. The largest absolute Gasteiger partial charge is 0.489 e. The molecule has 0 aliphatic carbocycles. The maximum absolute atomic E-state index is 11.2. The third-order valence-corrected chi connectivity index (χ3v) is 2.63. The Morgan fingerprint density at radius 2 is 1.65 bits per heavy atom. The van der Waals surface area contributed by atoms with Crippen LogP contribution in [0, 0.1) is 0 Å². The molecule has 2 aromatic rings. The molecule has 0 aliphatic heterocycles. The van der Waals surface area contributed by atoms with Gasteiger partial charge in [-0.1, -0.05) is 30.3 Å². The minimum Gasteiger partial charge on any atom is -0.489 e. The highest BCUT2D eigenvalue weighted by molar-refractivity contribution is 5.76. The molecular weight excluding hydrogens is 256 g/mol. The van der Waals surface area contributed by atoms with Gasteiger partial charge >= 0.3 is 5.97 Å². The fourth-order valence-corrected chi connectivity index (χ4v) is 1.55. The van der Waals surface area contributed by atoms with Crippen LogP contribution in [0.2, 0.25) is 0 Å². The molecule has 0 aliphatic rings. The van der Waals surface area contributed by atoms with Gasteiger partial charge in [-0.25, -0.2) is 4.79 Å². The lowest BCUT2D eigenvalue weighted by Crippen LogP contribution is -2.21. The zero-order chi connectivity index (χ0) is 14.4. The molecule has 0 heterocycles. The highest BCUT2D eigenvalue weighted by Gasteiger charge is 2.11. The minimum absolute atomic E-state index is 0.378. The molecule has 1 N–H and O–H groups in total. The molecule has 1 atom stereocenters. The quantitative estimate of drug-likeness (QED) is 0.671. The van der Waals surface area contributed by atoms with E-state index in [0.29, 0.717) is 18.1 Å². The third-order valence-electron chi connectivity index (χ3n) is 2.63. The molecule has 2 aromatic carbocycles. The van der Waals surface area contributed by atoms with Gasteiger partial charge in [-0.15, -0.1) is 0 Å². The van der Waals surface area contributed by atoms with E-state index < -0.39 is 12.1 Å². The predicted molar refractivity (Wildman–Crippen MR) is 74.5 cm³/mol. The number of esters is 1. The van der Waals surface area contributed by atoms with E-state index in [2.05, 4.69) is 0 Å². The first-order chi connectivity index (χ1) is 9.65. The van der Waals surface area contributed by atoms with E-state index in [-0.39, 0.29) is 0 Å². The highest BCUT2D eigenvalue weighted by Crippen LogP contribution is 2.19. The molecule has 0 aromatic heterocycles. The van der Waals surface area contributed by atoms with Gasteiger partial charge in [0, 0.05) is 0 Å². The molecule has 1 unspecified atom stereocenters. The Hall–Kier alpha value is -2.33. The fraction of sp³-hybridized carbons (Fsp3) is 0.188. The Morgan fingerprint density at radius 3 is 2.25 bits per heavy atom. The first kappa shape index (κ1) is 14.1. The maximum atomic E-state index is 11.2. The molecule has 0 bridgehead atoms. The number of benzene rings is 2. The van der Waals surface area contributed by atoms with Gasteiger partial charge in [-0.05, 0) is 36.8 Å². The third kappa shape index (κ3) is 4.10. The molecule has 0 saturated carbocycles. The van der Waals surface area contributed by atoms with Gasteiger partial charge in [0.1, 0.15) is 24.2 Å². The van der Waals surface area contributed by atoms with Crippen molar-refractivity contribution in [1.82, 2.24) is 0 Å². The summed E-state index contributed by atoms with van der Waals surface area (Å²) in [6.45, 7) is 1.84. The van der Waals surface area contributed by atoms with Gasteiger partial charge in [-0.2, -0.15) is 0 Å². The average Bonchev–Trinajstić information content (AvgIpc) is 2.47. The summed E-state index contributed by atoms with van der Waals surface area (Å²) in [4.78, 5) is 11.2. The van der Waals surface area contributed by atoms with E-state index in [1.807, 2.05) is 30.3 Å². The van der Waals surface area contributed by atoms with Crippen LogP contribution in [0.5, 0.6) is 11.5 Å². The van der Waals surface area contributed by atoms with Crippen molar-refractivity contribution in [1.29, 1.82) is 0 Å². The molecule has 0 spiro atoms. The van der Waals surface area contributed by atoms with Crippen molar-refractivity contribution in [2.24, 2.45) is 0 Å². The summed E-state index contributed by atoms with van der Waals surface area (Å²) in [5, 5.41) is 9.05. The normalized spacial score (nSPS) is 11.7. The van der Waals surface area contributed by atoms with E-state index in [4.69, 9.17) is 14.6 Å². The second kappa shape index (κ2) is 6.73. The summed E-state index contributed by atoms with van der Waals surface area (Å²) in [6.07, 6.45) is -1.14. The summed E-state index contributed by atoms with van der Waals surface area (Å²) < 4.78 is 10.6. The highest BCUT2D eigenvalue weighted by atomic mass is 16.5. The number of hydrogen-bond acceptors (Lipinski definition) is 4. The number of carbonyl (C=O) groups is 1. The van der Waals surface area contributed by atoms with Gasteiger partial charge in [0.05, 0.1) is 0 Å². The summed E-state index contributed by atoms with van der Waals surface area (Å²) in [6, 6.07) is 16.5. The zero-order valence-corrected chi connectivity index (χ0v) is 11.2. The van der Waals surface area contributed by atoms with Crippen LogP contribution in [0.25, 0.3) is 0 Å². The predicted octanol–water partition coefficient (Wildman–Crippen LogP) is 2.55. The Kier molecular flexibility index (Phi) is 4.74. The number of aliphatic hydroxyl groups excluding tert-OH is 1. The van der Waals surface area contributed by atoms with Crippen molar-refractivity contribution in [3.63, 3.8) is 0 Å². The van der Waals surface area contributed by atoms with E-state index in [9.17, 15) is 4.79 Å².